The van der Waals surface area contributed by atoms with Crippen LogP contribution in [0.2, 0.25) is 0 Å². The van der Waals surface area contributed by atoms with Gasteiger partial charge in [-0.05, 0) is 36.8 Å². The van der Waals surface area contributed by atoms with Gasteiger partial charge in [-0.2, -0.15) is 0 Å². The first-order valence-electron chi connectivity index (χ1n) is 7.30. The standard InChI is InChI=1S/C18H17FN2O2/c1-11(12-7-8-17(23-2)14(19)9-12)20-18(22)16-10-13-5-3-4-6-15(13)21-16/h3-11,21H,1-2H3,(H,20,22)/t11-/m1/s1. The van der Waals surface area contributed by atoms with Crippen LogP contribution in [0.15, 0.2) is 48.5 Å². The normalized spacial score (nSPS) is 12.1. The first-order chi connectivity index (χ1) is 11.1. The smallest absolute Gasteiger partial charge is 0.268 e. The molecule has 1 heterocycles. The number of benzene rings is 2. The Hall–Kier alpha value is -2.82. The second kappa shape index (κ2) is 6.12. The van der Waals surface area contributed by atoms with Crippen molar-refractivity contribution in [3.63, 3.8) is 0 Å². The second-order valence-corrected chi connectivity index (χ2v) is 5.36. The van der Waals surface area contributed by atoms with Crippen LogP contribution in [0.25, 0.3) is 10.9 Å². The lowest BCUT2D eigenvalue weighted by atomic mass is 10.1. The number of hydrogen-bond donors (Lipinski definition) is 2. The van der Waals surface area contributed by atoms with Gasteiger partial charge in [-0.1, -0.05) is 24.3 Å². The Balaban J connectivity index is 1.77. The summed E-state index contributed by atoms with van der Waals surface area (Å²) in [6.45, 7) is 1.81. The van der Waals surface area contributed by atoms with E-state index in [-0.39, 0.29) is 17.7 Å². The van der Waals surface area contributed by atoms with Gasteiger partial charge in [0, 0.05) is 10.9 Å². The fraction of sp³-hybridized carbons (Fsp3) is 0.167. The van der Waals surface area contributed by atoms with Crippen molar-refractivity contribution in [3.05, 3.63) is 65.6 Å². The van der Waals surface area contributed by atoms with Crippen molar-refractivity contribution in [3.8, 4) is 5.75 Å². The van der Waals surface area contributed by atoms with Crippen LogP contribution in [-0.2, 0) is 0 Å². The van der Waals surface area contributed by atoms with E-state index in [1.807, 2.05) is 31.2 Å². The Kier molecular flexibility index (Phi) is 4.02. The summed E-state index contributed by atoms with van der Waals surface area (Å²) in [6.07, 6.45) is 0. The van der Waals surface area contributed by atoms with Gasteiger partial charge in [0.2, 0.25) is 0 Å². The highest BCUT2D eigenvalue weighted by Gasteiger charge is 2.15. The summed E-state index contributed by atoms with van der Waals surface area (Å²) >= 11 is 0. The van der Waals surface area contributed by atoms with Gasteiger partial charge in [0.25, 0.3) is 5.91 Å². The molecule has 0 radical (unpaired) electrons. The molecular formula is C18H17FN2O2. The number of halogens is 1. The number of ether oxygens (including phenoxy) is 1. The number of aromatic amines is 1. The van der Waals surface area contributed by atoms with Crippen molar-refractivity contribution in [1.29, 1.82) is 0 Å². The third-order valence-corrected chi connectivity index (χ3v) is 3.80. The fourth-order valence-electron chi connectivity index (χ4n) is 2.51. The number of rotatable bonds is 4. The van der Waals surface area contributed by atoms with E-state index >= 15 is 0 Å². The van der Waals surface area contributed by atoms with Crippen molar-refractivity contribution in [2.24, 2.45) is 0 Å². The molecule has 2 N–H and O–H groups in total. The number of methoxy groups -OCH3 is 1. The van der Waals surface area contributed by atoms with Crippen LogP contribution in [0.1, 0.15) is 29.0 Å². The van der Waals surface area contributed by atoms with Crippen LogP contribution in [0.4, 0.5) is 4.39 Å². The molecule has 0 aliphatic carbocycles. The number of nitrogens with one attached hydrogen (secondary N) is 2. The van der Waals surface area contributed by atoms with Gasteiger partial charge in [-0.25, -0.2) is 4.39 Å². The zero-order valence-corrected chi connectivity index (χ0v) is 12.9. The molecule has 1 amide bonds. The summed E-state index contributed by atoms with van der Waals surface area (Å²) in [4.78, 5) is 15.4. The first kappa shape index (κ1) is 15.1. The highest BCUT2D eigenvalue weighted by atomic mass is 19.1. The van der Waals surface area contributed by atoms with Gasteiger partial charge in [0.1, 0.15) is 5.69 Å². The molecule has 3 aromatic rings. The van der Waals surface area contributed by atoms with E-state index in [2.05, 4.69) is 10.3 Å². The number of para-hydroxylation sites is 1. The number of fused-ring (bicyclic) bond motifs is 1. The fourth-order valence-corrected chi connectivity index (χ4v) is 2.51. The van der Waals surface area contributed by atoms with Gasteiger partial charge >= 0.3 is 0 Å². The minimum atomic E-state index is -0.447. The Labute approximate surface area is 133 Å². The molecule has 118 valence electrons. The molecule has 5 heteroatoms. The molecule has 0 spiro atoms. The molecule has 0 aliphatic rings. The van der Waals surface area contributed by atoms with Gasteiger partial charge in [0.05, 0.1) is 13.2 Å². The summed E-state index contributed by atoms with van der Waals surface area (Å²) in [5, 5.41) is 3.83. The Morgan fingerprint density at radius 2 is 2.00 bits per heavy atom. The molecule has 0 saturated carbocycles. The lowest BCUT2D eigenvalue weighted by molar-refractivity contribution is 0.0935. The number of amides is 1. The maximum absolute atomic E-state index is 13.8. The molecule has 3 rings (SSSR count). The van der Waals surface area contributed by atoms with Gasteiger partial charge in [0.15, 0.2) is 11.6 Å². The SMILES string of the molecule is COc1ccc([C@@H](C)NC(=O)c2cc3ccccc3[nH]2)cc1F. The van der Waals surface area contributed by atoms with E-state index in [4.69, 9.17) is 4.74 Å². The van der Waals surface area contributed by atoms with E-state index in [9.17, 15) is 9.18 Å². The van der Waals surface area contributed by atoms with Crippen molar-refractivity contribution in [2.75, 3.05) is 7.11 Å². The van der Waals surface area contributed by atoms with Crippen molar-refractivity contribution in [1.82, 2.24) is 10.3 Å². The third kappa shape index (κ3) is 3.04. The maximum atomic E-state index is 13.8. The van der Waals surface area contributed by atoms with Crippen molar-refractivity contribution >= 4 is 16.8 Å². The van der Waals surface area contributed by atoms with E-state index in [1.165, 1.54) is 13.2 Å². The molecule has 1 atom stereocenters. The van der Waals surface area contributed by atoms with Crippen molar-refractivity contribution in [2.45, 2.75) is 13.0 Å². The summed E-state index contributed by atoms with van der Waals surface area (Å²) in [7, 11) is 1.42. The van der Waals surface area contributed by atoms with Crippen LogP contribution in [-0.4, -0.2) is 18.0 Å². The third-order valence-electron chi connectivity index (χ3n) is 3.80. The second-order valence-electron chi connectivity index (χ2n) is 5.36. The number of H-pyrrole nitrogens is 1. The Bertz CT molecular complexity index is 824. The van der Waals surface area contributed by atoms with Crippen LogP contribution in [0.3, 0.4) is 0 Å². The molecular weight excluding hydrogens is 295 g/mol. The minimum absolute atomic E-state index is 0.183. The lowest BCUT2D eigenvalue weighted by Crippen LogP contribution is -2.26. The minimum Gasteiger partial charge on any atom is -0.494 e. The van der Waals surface area contributed by atoms with Gasteiger partial charge < -0.3 is 15.0 Å². The highest BCUT2D eigenvalue weighted by molar-refractivity contribution is 5.98. The number of carbonyl (C=O) groups is 1. The molecule has 0 fully saturated rings. The molecule has 1 aromatic heterocycles. The average molecular weight is 312 g/mol. The van der Waals surface area contributed by atoms with Crippen LogP contribution < -0.4 is 10.1 Å². The van der Waals surface area contributed by atoms with Crippen LogP contribution in [0.5, 0.6) is 5.75 Å². The zero-order valence-electron chi connectivity index (χ0n) is 12.9. The predicted octanol–water partition coefficient (Wildman–Crippen LogP) is 3.81. The summed E-state index contributed by atoms with van der Waals surface area (Å²) in [5.74, 6) is -0.496. The molecule has 23 heavy (non-hydrogen) atoms. The van der Waals surface area contributed by atoms with E-state index in [0.29, 0.717) is 11.3 Å². The number of carbonyl (C=O) groups excluding carboxylic acids is 1. The monoisotopic (exact) mass is 312 g/mol. The van der Waals surface area contributed by atoms with Crippen LogP contribution >= 0.6 is 0 Å². The molecule has 2 aromatic carbocycles. The Morgan fingerprint density at radius 1 is 1.22 bits per heavy atom. The lowest BCUT2D eigenvalue weighted by Gasteiger charge is -2.14. The number of hydrogen-bond acceptors (Lipinski definition) is 2. The molecule has 0 bridgehead atoms. The molecule has 0 aliphatic heterocycles. The number of aromatic nitrogens is 1. The van der Waals surface area contributed by atoms with Crippen LogP contribution in [0, 0.1) is 5.82 Å². The average Bonchev–Trinajstić information content (AvgIpc) is 2.99. The van der Waals surface area contributed by atoms with E-state index < -0.39 is 5.82 Å². The quantitative estimate of drug-likeness (QED) is 0.770. The molecule has 4 nitrogen and oxygen atoms in total. The summed E-state index contributed by atoms with van der Waals surface area (Å²) in [6, 6.07) is 13.8. The summed E-state index contributed by atoms with van der Waals surface area (Å²) in [5.41, 5.74) is 2.06. The Morgan fingerprint density at radius 3 is 2.70 bits per heavy atom. The largest absolute Gasteiger partial charge is 0.494 e. The van der Waals surface area contributed by atoms with E-state index in [1.54, 1.807) is 18.2 Å². The maximum Gasteiger partial charge on any atom is 0.268 e. The zero-order chi connectivity index (χ0) is 16.4. The van der Waals surface area contributed by atoms with E-state index in [0.717, 1.165) is 10.9 Å². The highest BCUT2D eigenvalue weighted by Crippen LogP contribution is 2.22. The summed E-state index contributed by atoms with van der Waals surface area (Å²) < 4.78 is 18.7. The van der Waals surface area contributed by atoms with Gasteiger partial charge in [-0.15, -0.1) is 0 Å². The van der Waals surface area contributed by atoms with Gasteiger partial charge in [-0.3, -0.25) is 4.79 Å². The topological polar surface area (TPSA) is 54.1 Å². The van der Waals surface area contributed by atoms with Crippen molar-refractivity contribution < 1.29 is 13.9 Å². The molecule has 0 unspecified atom stereocenters. The molecule has 0 saturated heterocycles. The predicted molar refractivity (Wildman–Crippen MR) is 87.1 cm³/mol. The first-order valence-corrected chi connectivity index (χ1v) is 7.30.